The molecule has 0 spiro atoms. The number of hydrogen-bond acceptors (Lipinski definition) is 3. The number of carbonyl (C=O) groups excluding carboxylic acids is 1. The Morgan fingerprint density at radius 1 is 1.12 bits per heavy atom. The van der Waals surface area contributed by atoms with E-state index in [9.17, 15) is 22.0 Å². The number of sulfonamides is 1. The van der Waals surface area contributed by atoms with E-state index in [-0.39, 0.29) is 18.4 Å². The molecule has 3 rings (SSSR count). The Morgan fingerprint density at radius 3 is 2.60 bits per heavy atom. The van der Waals surface area contributed by atoms with Crippen LogP contribution in [0.2, 0.25) is 0 Å². The first-order chi connectivity index (χ1) is 11.8. The average Bonchev–Trinajstić information content (AvgIpc) is 3.41. The maximum atomic E-state index is 13.6. The van der Waals surface area contributed by atoms with Crippen LogP contribution in [0.25, 0.3) is 0 Å². The van der Waals surface area contributed by atoms with E-state index < -0.39 is 26.6 Å². The molecule has 1 amide bonds. The van der Waals surface area contributed by atoms with Crippen LogP contribution in [-0.2, 0) is 21.4 Å². The fourth-order valence-corrected chi connectivity index (χ4v) is 3.39. The summed E-state index contributed by atoms with van der Waals surface area (Å²) in [6, 6.07) is 8.91. The zero-order valence-corrected chi connectivity index (χ0v) is 13.9. The minimum absolute atomic E-state index is 0.0538. The minimum Gasteiger partial charge on any atom is -0.326 e. The second-order valence-corrected chi connectivity index (χ2v) is 7.60. The van der Waals surface area contributed by atoms with Crippen LogP contribution in [0.1, 0.15) is 18.4 Å². The maximum Gasteiger partial charge on any atom is 0.243 e. The van der Waals surface area contributed by atoms with Gasteiger partial charge in [0.1, 0.15) is 16.5 Å². The van der Waals surface area contributed by atoms with Crippen molar-refractivity contribution in [2.24, 2.45) is 5.92 Å². The lowest BCUT2D eigenvalue weighted by molar-refractivity contribution is -0.117. The van der Waals surface area contributed by atoms with Crippen molar-refractivity contribution in [3.63, 3.8) is 0 Å². The van der Waals surface area contributed by atoms with E-state index >= 15 is 0 Å². The highest BCUT2D eigenvalue weighted by Crippen LogP contribution is 2.30. The highest BCUT2D eigenvalue weighted by molar-refractivity contribution is 7.89. The molecule has 0 saturated heterocycles. The van der Waals surface area contributed by atoms with Crippen molar-refractivity contribution in [1.29, 1.82) is 0 Å². The van der Waals surface area contributed by atoms with Gasteiger partial charge in [-0.15, -0.1) is 0 Å². The van der Waals surface area contributed by atoms with E-state index in [1.165, 1.54) is 0 Å². The third-order valence-electron chi connectivity index (χ3n) is 3.79. The van der Waals surface area contributed by atoms with Crippen molar-refractivity contribution >= 4 is 21.6 Å². The van der Waals surface area contributed by atoms with Gasteiger partial charge in [0.2, 0.25) is 15.9 Å². The van der Waals surface area contributed by atoms with Gasteiger partial charge in [-0.2, -0.15) is 0 Å². The van der Waals surface area contributed by atoms with Gasteiger partial charge in [-0.1, -0.05) is 12.1 Å². The van der Waals surface area contributed by atoms with Gasteiger partial charge in [0.25, 0.3) is 0 Å². The predicted molar refractivity (Wildman–Crippen MR) is 88.2 cm³/mol. The third kappa shape index (κ3) is 4.40. The van der Waals surface area contributed by atoms with E-state index in [0.29, 0.717) is 17.3 Å². The largest absolute Gasteiger partial charge is 0.326 e. The number of rotatable bonds is 6. The van der Waals surface area contributed by atoms with Gasteiger partial charge in [0.15, 0.2) is 0 Å². The Hall–Kier alpha value is -2.32. The average molecular weight is 366 g/mol. The lowest BCUT2D eigenvalue weighted by atomic mass is 10.2. The third-order valence-corrected chi connectivity index (χ3v) is 5.21. The number of halogens is 2. The molecule has 2 N–H and O–H groups in total. The van der Waals surface area contributed by atoms with Crippen molar-refractivity contribution in [2.45, 2.75) is 24.3 Å². The fraction of sp³-hybridized carbons (Fsp3) is 0.235. The minimum atomic E-state index is -4.20. The number of amides is 1. The molecule has 0 radical (unpaired) electrons. The molecule has 25 heavy (non-hydrogen) atoms. The highest BCUT2D eigenvalue weighted by atomic mass is 32.2. The summed E-state index contributed by atoms with van der Waals surface area (Å²) in [6.07, 6.45) is 1.76. The van der Waals surface area contributed by atoms with Crippen molar-refractivity contribution in [1.82, 2.24) is 4.72 Å². The standard InChI is InChI=1S/C17H16F2N2O3S/c18-13-6-7-15(19)16(9-13)25(23,24)20-10-11-2-1-3-14(8-11)21-17(22)12-4-5-12/h1-3,6-9,12,20H,4-5,10H2,(H,21,22). The van der Waals surface area contributed by atoms with Gasteiger partial charge in [0.05, 0.1) is 0 Å². The summed E-state index contributed by atoms with van der Waals surface area (Å²) in [5, 5.41) is 2.76. The Morgan fingerprint density at radius 2 is 1.88 bits per heavy atom. The molecule has 2 aromatic carbocycles. The van der Waals surface area contributed by atoms with Gasteiger partial charge < -0.3 is 5.32 Å². The lowest BCUT2D eigenvalue weighted by Crippen LogP contribution is -2.24. The van der Waals surface area contributed by atoms with E-state index in [4.69, 9.17) is 0 Å². The fourth-order valence-electron chi connectivity index (χ4n) is 2.29. The molecule has 0 unspecified atom stereocenters. The molecule has 132 valence electrons. The molecule has 5 nitrogen and oxygen atoms in total. The first-order valence-electron chi connectivity index (χ1n) is 7.70. The molecule has 0 atom stereocenters. The monoisotopic (exact) mass is 366 g/mol. The first-order valence-corrected chi connectivity index (χ1v) is 9.18. The predicted octanol–water partition coefficient (Wildman–Crippen LogP) is 2.79. The number of carbonyl (C=O) groups is 1. The van der Waals surface area contributed by atoms with Crippen LogP contribution in [0.15, 0.2) is 47.4 Å². The lowest BCUT2D eigenvalue weighted by Gasteiger charge is -2.10. The summed E-state index contributed by atoms with van der Waals surface area (Å²) in [4.78, 5) is 11.0. The summed E-state index contributed by atoms with van der Waals surface area (Å²) in [5.74, 6) is -1.87. The van der Waals surface area contributed by atoms with Crippen LogP contribution in [0.4, 0.5) is 14.5 Å². The second-order valence-electron chi connectivity index (χ2n) is 5.86. The zero-order chi connectivity index (χ0) is 18.0. The molecule has 0 bridgehead atoms. The Bertz CT molecular complexity index is 912. The molecule has 1 fully saturated rings. The summed E-state index contributed by atoms with van der Waals surface area (Å²) in [5.41, 5.74) is 1.14. The van der Waals surface area contributed by atoms with Gasteiger partial charge in [-0.25, -0.2) is 21.9 Å². The SMILES string of the molecule is O=C(Nc1cccc(CNS(=O)(=O)c2cc(F)ccc2F)c1)C1CC1. The van der Waals surface area contributed by atoms with E-state index in [2.05, 4.69) is 10.0 Å². The van der Waals surface area contributed by atoms with Crippen LogP contribution in [0, 0.1) is 17.6 Å². The van der Waals surface area contributed by atoms with Crippen LogP contribution in [0.3, 0.4) is 0 Å². The molecule has 1 saturated carbocycles. The number of anilines is 1. The molecule has 0 heterocycles. The molecule has 2 aromatic rings. The molecule has 8 heteroatoms. The quantitative estimate of drug-likeness (QED) is 0.826. The Labute approximate surface area is 144 Å². The van der Waals surface area contributed by atoms with Crippen molar-refractivity contribution < 1.29 is 22.0 Å². The Balaban J connectivity index is 1.70. The molecule has 0 aliphatic heterocycles. The van der Waals surface area contributed by atoms with Gasteiger partial charge >= 0.3 is 0 Å². The normalized spacial score (nSPS) is 14.3. The van der Waals surface area contributed by atoms with E-state index in [1.54, 1.807) is 24.3 Å². The van der Waals surface area contributed by atoms with Gasteiger partial charge in [0, 0.05) is 18.2 Å². The van der Waals surface area contributed by atoms with Crippen LogP contribution < -0.4 is 10.0 Å². The highest BCUT2D eigenvalue weighted by Gasteiger charge is 2.29. The van der Waals surface area contributed by atoms with Crippen molar-refractivity contribution in [3.05, 3.63) is 59.7 Å². The summed E-state index contributed by atoms with van der Waals surface area (Å²) >= 11 is 0. The number of benzene rings is 2. The Kier molecular flexibility index (Phi) is 4.82. The summed E-state index contributed by atoms with van der Waals surface area (Å²) in [6.45, 7) is -0.120. The van der Waals surface area contributed by atoms with Crippen molar-refractivity contribution in [3.8, 4) is 0 Å². The molecule has 1 aliphatic carbocycles. The van der Waals surface area contributed by atoms with Crippen LogP contribution in [-0.4, -0.2) is 14.3 Å². The molecule has 1 aliphatic rings. The number of nitrogens with one attached hydrogen (secondary N) is 2. The van der Waals surface area contributed by atoms with E-state index in [1.807, 2.05) is 0 Å². The topological polar surface area (TPSA) is 75.3 Å². The first kappa shape index (κ1) is 17.5. The molecular weight excluding hydrogens is 350 g/mol. The zero-order valence-electron chi connectivity index (χ0n) is 13.1. The van der Waals surface area contributed by atoms with Gasteiger partial charge in [-0.05, 0) is 48.7 Å². The number of hydrogen-bond donors (Lipinski definition) is 2. The van der Waals surface area contributed by atoms with Crippen LogP contribution in [0.5, 0.6) is 0 Å². The smallest absolute Gasteiger partial charge is 0.243 e. The summed E-state index contributed by atoms with van der Waals surface area (Å²) < 4.78 is 53.4. The molecule has 0 aromatic heterocycles. The summed E-state index contributed by atoms with van der Waals surface area (Å²) in [7, 11) is -4.20. The molecular formula is C17H16F2N2O3S. The van der Waals surface area contributed by atoms with E-state index in [0.717, 1.165) is 25.0 Å². The van der Waals surface area contributed by atoms with Crippen molar-refractivity contribution in [2.75, 3.05) is 5.32 Å². The second kappa shape index (κ2) is 6.89. The van der Waals surface area contributed by atoms with Crippen LogP contribution >= 0.6 is 0 Å². The van der Waals surface area contributed by atoms with Gasteiger partial charge in [-0.3, -0.25) is 4.79 Å². The maximum absolute atomic E-state index is 13.6.